The van der Waals surface area contributed by atoms with Crippen LogP contribution in [0.2, 0.25) is 0 Å². The summed E-state index contributed by atoms with van der Waals surface area (Å²) in [6.45, 7) is 3.06. The molecule has 2 aromatic rings. The van der Waals surface area contributed by atoms with Crippen LogP contribution in [-0.4, -0.2) is 72.3 Å². The molecule has 0 aliphatic carbocycles. The molecule has 3 unspecified atom stereocenters. The van der Waals surface area contributed by atoms with Crippen LogP contribution in [0.5, 0.6) is 0 Å². The van der Waals surface area contributed by atoms with Crippen molar-refractivity contribution in [3.8, 4) is 0 Å². The van der Waals surface area contributed by atoms with Gasteiger partial charge in [-0.3, -0.25) is 19.3 Å². The molecule has 0 saturated carbocycles. The van der Waals surface area contributed by atoms with E-state index in [0.29, 0.717) is 12.0 Å². The third-order valence-corrected chi connectivity index (χ3v) is 6.91. The molecule has 1 saturated heterocycles. The summed E-state index contributed by atoms with van der Waals surface area (Å²) in [6.07, 6.45) is -0.192. The number of carbonyl (C=O) groups excluding carboxylic acids is 5. The molecule has 1 aliphatic rings. The molecule has 0 aromatic heterocycles. The average Bonchev–Trinajstić information content (AvgIpc) is 3.48. The summed E-state index contributed by atoms with van der Waals surface area (Å²) < 4.78 is 40.4. The Balaban J connectivity index is 1.68. The maximum Gasteiger partial charge on any atom is 0.410 e. The lowest BCUT2D eigenvalue weighted by atomic mass is 9.94. The van der Waals surface area contributed by atoms with Crippen LogP contribution in [0.3, 0.4) is 0 Å². The zero-order chi connectivity index (χ0) is 30.9. The normalized spacial score (nSPS) is 16.3. The first kappa shape index (κ1) is 32.2. The number of amides is 3. The fourth-order valence-electron chi connectivity index (χ4n) is 4.59. The van der Waals surface area contributed by atoms with Crippen molar-refractivity contribution in [2.45, 2.75) is 63.8 Å². The number of esters is 1. The Morgan fingerprint density at radius 3 is 2.12 bits per heavy atom. The Hall–Kier alpha value is -4.35. The molecule has 42 heavy (non-hydrogen) atoms. The van der Waals surface area contributed by atoms with Gasteiger partial charge in [-0.2, -0.15) is 8.78 Å². The van der Waals surface area contributed by atoms with Crippen LogP contribution >= 0.6 is 0 Å². The molecule has 3 amide bonds. The SMILES string of the molecule is COC(=O)C(Cc1ccccc1)NC(=O)C(F)(F)C(=O)C(NC(=O)C1CCCN1C(=O)OCc1ccccc1)C(C)C. The number of ether oxygens (including phenoxy) is 2. The molecular weight excluding hydrogens is 552 g/mol. The molecule has 2 N–H and O–H groups in total. The minimum Gasteiger partial charge on any atom is -0.467 e. The molecule has 3 atom stereocenters. The first-order valence-electron chi connectivity index (χ1n) is 13.6. The maximum atomic E-state index is 15.2. The van der Waals surface area contributed by atoms with Crippen molar-refractivity contribution in [1.29, 1.82) is 0 Å². The topological polar surface area (TPSA) is 131 Å². The van der Waals surface area contributed by atoms with E-state index in [1.807, 2.05) is 11.4 Å². The molecule has 10 nitrogen and oxygen atoms in total. The van der Waals surface area contributed by atoms with Gasteiger partial charge < -0.3 is 20.1 Å². The second-order valence-electron chi connectivity index (χ2n) is 10.3. The highest BCUT2D eigenvalue weighted by Crippen LogP contribution is 2.24. The largest absolute Gasteiger partial charge is 0.467 e. The third-order valence-electron chi connectivity index (χ3n) is 6.91. The highest BCUT2D eigenvalue weighted by atomic mass is 19.3. The lowest BCUT2D eigenvalue weighted by molar-refractivity contribution is -0.163. The second kappa shape index (κ2) is 14.5. The summed E-state index contributed by atoms with van der Waals surface area (Å²) in [5.41, 5.74) is 1.31. The molecule has 226 valence electrons. The highest BCUT2D eigenvalue weighted by Gasteiger charge is 2.52. The molecule has 2 aromatic carbocycles. The molecule has 0 spiro atoms. The number of nitrogens with one attached hydrogen (secondary N) is 2. The van der Waals surface area contributed by atoms with Crippen molar-refractivity contribution in [3.63, 3.8) is 0 Å². The maximum absolute atomic E-state index is 15.2. The van der Waals surface area contributed by atoms with E-state index in [9.17, 15) is 24.0 Å². The number of alkyl halides is 2. The first-order valence-corrected chi connectivity index (χ1v) is 13.6. The lowest BCUT2D eigenvalue weighted by Gasteiger charge is -2.29. The molecule has 0 radical (unpaired) electrons. The number of halogens is 2. The second-order valence-corrected chi connectivity index (χ2v) is 10.3. The Labute approximate surface area is 242 Å². The zero-order valence-corrected chi connectivity index (χ0v) is 23.7. The van der Waals surface area contributed by atoms with Gasteiger partial charge in [-0.05, 0) is 29.9 Å². The Morgan fingerprint density at radius 1 is 0.952 bits per heavy atom. The number of likely N-dealkylation sites (tertiary alicyclic amines) is 1. The monoisotopic (exact) mass is 587 g/mol. The van der Waals surface area contributed by atoms with Crippen LogP contribution < -0.4 is 10.6 Å². The van der Waals surface area contributed by atoms with Crippen molar-refractivity contribution in [1.82, 2.24) is 15.5 Å². The van der Waals surface area contributed by atoms with Crippen LogP contribution in [0.1, 0.15) is 37.8 Å². The Kier molecular flexibility index (Phi) is 11.1. The van der Waals surface area contributed by atoms with E-state index in [-0.39, 0.29) is 26.0 Å². The minimum atomic E-state index is -4.59. The molecule has 1 fully saturated rings. The Morgan fingerprint density at radius 2 is 1.55 bits per heavy atom. The third kappa shape index (κ3) is 8.11. The van der Waals surface area contributed by atoms with E-state index in [4.69, 9.17) is 4.74 Å². The van der Waals surface area contributed by atoms with E-state index < -0.39 is 59.6 Å². The average molecular weight is 588 g/mol. The van der Waals surface area contributed by atoms with Crippen LogP contribution in [0.15, 0.2) is 60.7 Å². The Bertz CT molecular complexity index is 1260. The fraction of sp³-hybridized carbons (Fsp3) is 0.433. The molecule has 1 heterocycles. The van der Waals surface area contributed by atoms with Crippen molar-refractivity contribution in [2.75, 3.05) is 13.7 Å². The van der Waals surface area contributed by atoms with Gasteiger partial charge in [-0.15, -0.1) is 0 Å². The summed E-state index contributed by atoms with van der Waals surface area (Å²) in [6, 6.07) is 13.0. The van der Waals surface area contributed by atoms with Gasteiger partial charge in [0.2, 0.25) is 11.7 Å². The summed E-state index contributed by atoms with van der Waals surface area (Å²) in [7, 11) is 1.05. The van der Waals surface area contributed by atoms with Gasteiger partial charge in [-0.1, -0.05) is 74.5 Å². The number of Topliss-reactive ketones (excluding diaryl/α,β-unsaturated/α-hetero) is 1. The summed E-state index contributed by atoms with van der Waals surface area (Å²) >= 11 is 0. The number of rotatable bonds is 12. The summed E-state index contributed by atoms with van der Waals surface area (Å²) in [5, 5.41) is 4.24. The quantitative estimate of drug-likeness (QED) is 0.288. The number of nitrogens with zero attached hydrogens (tertiary/aromatic N) is 1. The molecule has 12 heteroatoms. The first-order chi connectivity index (χ1) is 19.9. The standard InChI is InChI=1S/C30H35F2N3O7/c1-19(2)24(34-26(37)23-15-10-16-35(23)29(40)42-18-21-13-8-5-9-14-21)25(36)30(31,32)28(39)33-22(27(38)41-3)17-20-11-6-4-7-12-20/h4-9,11-14,19,22-24H,10,15-18H2,1-3H3,(H,33,39)(H,34,37). The van der Waals surface area contributed by atoms with Gasteiger partial charge >= 0.3 is 18.0 Å². The lowest BCUT2D eigenvalue weighted by Crippen LogP contribution is -2.60. The van der Waals surface area contributed by atoms with Crippen LogP contribution in [0, 0.1) is 5.92 Å². The van der Waals surface area contributed by atoms with E-state index in [2.05, 4.69) is 10.1 Å². The van der Waals surface area contributed by atoms with Crippen LogP contribution in [0.25, 0.3) is 0 Å². The molecular formula is C30H35F2N3O7. The van der Waals surface area contributed by atoms with Crippen LogP contribution in [-0.2, 0) is 41.7 Å². The number of carbonyl (C=O) groups is 5. The number of methoxy groups -OCH3 is 1. The predicted molar refractivity (Wildman–Crippen MR) is 147 cm³/mol. The predicted octanol–water partition coefficient (Wildman–Crippen LogP) is 3.03. The number of benzene rings is 2. The van der Waals surface area contributed by atoms with Gasteiger partial charge in [-0.25, -0.2) is 9.59 Å². The molecule has 1 aliphatic heterocycles. The highest BCUT2D eigenvalue weighted by molar-refractivity contribution is 6.11. The number of ketones is 1. The van der Waals surface area contributed by atoms with E-state index in [1.54, 1.807) is 54.6 Å². The van der Waals surface area contributed by atoms with E-state index >= 15 is 8.78 Å². The van der Waals surface area contributed by atoms with Gasteiger partial charge in [0.05, 0.1) is 13.2 Å². The van der Waals surface area contributed by atoms with Gasteiger partial charge in [0.15, 0.2) is 0 Å². The fourth-order valence-corrected chi connectivity index (χ4v) is 4.59. The number of hydrogen-bond donors (Lipinski definition) is 2. The zero-order valence-electron chi connectivity index (χ0n) is 23.7. The van der Waals surface area contributed by atoms with E-state index in [1.165, 1.54) is 18.7 Å². The van der Waals surface area contributed by atoms with Gasteiger partial charge in [0, 0.05) is 13.0 Å². The summed E-state index contributed by atoms with van der Waals surface area (Å²) in [4.78, 5) is 64.9. The van der Waals surface area contributed by atoms with E-state index in [0.717, 1.165) is 12.7 Å². The van der Waals surface area contributed by atoms with Crippen molar-refractivity contribution >= 4 is 29.7 Å². The van der Waals surface area contributed by atoms with Crippen molar-refractivity contribution in [2.24, 2.45) is 5.92 Å². The van der Waals surface area contributed by atoms with Gasteiger partial charge in [0.25, 0.3) is 5.91 Å². The van der Waals surface area contributed by atoms with Crippen molar-refractivity contribution in [3.05, 3.63) is 71.8 Å². The van der Waals surface area contributed by atoms with Gasteiger partial charge in [0.1, 0.15) is 18.7 Å². The number of hydrogen-bond acceptors (Lipinski definition) is 7. The molecule has 3 rings (SSSR count). The summed E-state index contributed by atoms with van der Waals surface area (Å²) in [5.74, 6) is -11.0. The minimum absolute atomic E-state index is 0.0181. The smallest absolute Gasteiger partial charge is 0.410 e. The molecule has 0 bridgehead atoms. The van der Waals surface area contributed by atoms with Crippen molar-refractivity contribution < 1.29 is 42.2 Å². The van der Waals surface area contributed by atoms with Crippen LogP contribution in [0.4, 0.5) is 13.6 Å².